The number of carbonyl (C=O) groups excluding carboxylic acids is 1. The van der Waals surface area contributed by atoms with Crippen molar-refractivity contribution < 1.29 is 9.53 Å². The summed E-state index contributed by atoms with van der Waals surface area (Å²) in [7, 11) is 0. The first-order chi connectivity index (χ1) is 10.6. The van der Waals surface area contributed by atoms with Crippen LogP contribution < -0.4 is 10.6 Å². The number of hydrogen-bond acceptors (Lipinski definition) is 4. The molecule has 1 heterocycles. The van der Waals surface area contributed by atoms with Gasteiger partial charge in [-0.1, -0.05) is 24.3 Å². The largest absolute Gasteiger partial charge is 0.375 e. The number of nitrogens with zero attached hydrogens (tertiary/aromatic N) is 1. The molecule has 2 aromatic rings. The number of hydrogen-bond donors (Lipinski definition) is 2. The lowest BCUT2D eigenvalue weighted by atomic mass is 10.2. The van der Waals surface area contributed by atoms with E-state index in [1.165, 1.54) is 0 Å². The number of benzene rings is 1. The minimum Gasteiger partial charge on any atom is -0.375 e. The fourth-order valence-corrected chi connectivity index (χ4v) is 2.39. The monoisotopic (exact) mass is 317 g/mol. The average molecular weight is 317 g/mol. The molecule has 0 aliphatic rings. The molecule has 2 N–H and O–H groups in total. The highest BCUT2D eigenvalue weighted by Crippen LogP contribution is 2.24. The van der Waals surface area contributed by atoms with Crippen LogP contribution in [0.4, 0.5) is 10.5 Å². The smallest absolute Gasteiger partial charge is 0.319 e. The van der Waals surface area contributed by atoms with Crippen molar-refractivity contribution in [2.75, 3.05) is 25.1 Å². The fourth-order valence-electron chi connectivity index (χ4n) is 1.75. The zero-order valence-electron chi connectivity index (χ0n) is 12.5. The van der Waals surface area contributed by atoms with Crippen LogP contribution in [0.15, 0.2) is 48.0 Å². The summed E-state index contributed by atoms with van der Waals surface area (Å²) in [5.41, 5.74) is 2.68. The minimum atomic E-state index is -0.254. The van der Waals surface area contributed by atoms with Crippen LogP contribution in [0.1, 0.15) is 6.92 Å². The lowest BCUT2D eigenvalue weighted by Crippen LogP contribution is -2.31. The number of aromatic nitrogens is 1. The van der Waals surface area contributed by atoms with Gasteiger partial charge in [0.1, 0.15) is 5.01 Å². The Balaban J connectivity index is 1.79. The molecule has 5 nitrogen and oxygen atoms in total. The van der Waals surface area contributed by atoms with Gasteiger partial charge in [-0.3, -0.25) is 0 Å². The van der Waals surface area contributed by atoms with Crippen molar-refractivity contribution in [2.24, 2.45) is 0 Å². The van der Waals surface area contributed by atoms with E-state index in [-0.39, 0.29) is 6.03 Å². The summed E-state index contributed by atoms with van der Waals surface area (Å²) in [6, 6.07) is 7.34. The third-order valence-electron chi connectivity index (χ3n) is 2.68. The van der Waals surface area contributed by atoms with Gasteiger partial charge in [0, 0.05) is 29.4 Å². The molecule has 0 aliphatic carbocycles. The molecule has 116 valence electrons. The molecular formula is C16H19N3O2S. The van der Waals surface area contributed by atoms with Crippen LogP contribution in [0, 0.1) is 0 Å². The summed E-state index contributed by atoms with van der Waals surface area (Å²) in [4.78, 5) is 16.1. The first-order valence-electron chi connectivity index (χ1n) is 6.92. The molecule has 0 radical (unpaired) electrons. The lowest BCUT2D eigenvalue weighted by Gasteiger charge is -2.09. The number of carbonyl (C=O) groups is 1. The molecule has 0 aliphatic heterocycles. The van der Waals surface area contributed by atoms with Crippen molar-refractivity contribution in [1.29, 1.82) is 0 Å². The predicted molar refractivity (Wildman–Crippen MR) is 90.2 cm³/mol. The van der Waals surface area contributed by atoms with Gasteiger partial charge in [-0.15, -0.1) is 11.3 Å². The van der Waals surface area contributed by atoms with Crippen LogP contribution in [0.25, 0.3) is 10.6 Å². The standard InChI is InChI=1S/C16H19N3O2S/c1-12(2)11-21-8-6-18-16(20)19-14-5-3-4-13(10-14)15-17-7-9-22-15/h3-5,7,9-10H,1,6,8,11H2,2H3,(H2,18,19,20). The van der Waals surface area contributed by atoms with Gasteiger partial charge in [0.2, 0.25) is 0 Å². The second-order valence-corrected chi connectivity index (χ2v) is 5.70. The van der Waals surface area contributed by atoms with Crippen molar-refractivity contribution in [3.05, 3.63) is 48.0 Å². The highest BCUT2D eigenvalue weighted by molar-refractivity contribution is 7.13. The van der Waals surface area contributed by atoms with Gasteiger partial charge in [-0.25, -0.2) is 9.78 Å². The Morgan fingerprint density at radius 1 is 1.45 bits per heavy atom. The van der Waals surface area contributed by atoms with E-state index >= 15 is 0 Å². The number of ether oxygens (including phenoxy) is 1. The van der Waals surface area contributed by atoms with Crippen molar-refractivity contribution in [3.63, 3.8) is 0 Å². The van der Waals surface area contributed by atoms with E-state index in [4.69, 9.17) is 4.74 Å². The van der Waals surface area contributed by atoms with Crippen LogP contribution >= 0.6 is 11.3 Å². The summed E-state index contributed by atoms with van der Waals surface area (Å²) in [6.07, 6.45) is 1.76. The molecular weight excluding hydrogens is 298 g/mol. The van der Waals surface area contributed by atoms with Crippen LogP contribution in [0.5, 0.6) is 0 Å². The van der Waals surface area contributed by atoms with Crippen molar-refractivity contribution in [3.8, 4) is 10.6 Å². The number of thiazole rings is 1. The Bertz CT molecular complexity index is 626. The third-order valence-corrected chi connectivity index (χ3v) is 3.50. The Kier molecular flexibility index (Phi) is 6.12. The highest BCUT2D eigenvalue weighted by atomic mass is 32.1. The average Bonchev–Trinajstić information content (AvgIpc) is 3.01. The minimum absolute atomic E-state index is 0.254. The van der Waals surface area contributed by atoms with Gasteiger partial charge < -0.3 is 15.4 Å². The van der Waals surface area contributed by atoms with E-state index in [1.54, 1.807) is 17.5 Å². The van der Waals surface area contributed by atoms with E-state index in [1.807, 2.05) is 36.6 Å². The molecule has 0 fully saturated rings. The second-order valence-electron chi connectivity index (χ2n) is 4.81. The van der Waals surface area contributed by atoms with Crippen molar-refractivity contribution in [2.45, 2.75) is 6.92 Å². The molecule has 0 atom stereocenters. The number of amides is 2. The van der Waals surface area contributed by atoms with E-state index in [0.29, 0.717) is 19.8 Å². The van der Waals surface area contributed by atoms with Crippen molar-refractivity contribution >= 4 is 23.1 Å². The summed E-state index contributed by atoms with van der Waals surface area (Å²) in [5.74, 6) is 0. The van der Waals surface area contributed by atoms with Crippen LogP contribution in [0.2, 0.25) is 0 Å². The van der Waals surface area contributed by atoms with Gasteiger partial charge in [-0.2, -0.15) is 0 Å². The van der Waals surface area contributed by atoms with Gasteiger partial charge in [0.25, 0.3) is 0 Å². The normalized spacial score (nSPS) is 10.2. The van der Waals surface area contributed by atoms with E-state index < -0.39 is 0 Å². The first kappa shape index (κ1) is 16.2. The molecule has 1 aromatic heterocycles. The molecule has 0 saturated carbocycles. The quantitative estimate of drug-likeness (QED) is 0.606. The first-order valence-corrected chi connectivity index (χ1v) is 7.80. The molecule has 0 saturated heterocycles. The van der Waals surface area contributed by atoms with Gasteiger partial charge in [0.15, 0.2) is 0 Å². The Morgan fingerprint density at radius 2 is 2.32 bits per heavy atom. The Morgan fingerprint density at radius 3 is 3.05 bits per heavy atom. The van der Waals surface area contributed by atoms with Gasteiger partial charge >= 0.3 is 6.03 Å². The molecule has 22 heavy (non-hydrogen) atoms. The lowest BCUT2D eigenvalue weighted by molar-refractivity contribution is 0.159. The Labute approximate surface area is 134 Å². The van der Waals surface area contributed by atoms with E-state index in [9.17, 15) is 4.79 Å². The molecule has 1 aromatic carbocycles. The number of nitrogens with one attached hydrogen (secondary N) is 2. The maximum Gasteiger partial charge on any atom is 0.319 e. The van der Waals surface area contributed by atoms with Crippen LogP contribution in [0.3, 0.4) is 0 Å². The van der Waals surface area contributed by atoms with Gasteiger partial charge in [-0.05, 0) is 19.1 Å². The SMILES string of the molecule is C=C(C)COCCNC(=O)Nc1cccc(-c2nccs2)c1. The van der Waals surface area contributed by atoms with Gasteiger partial charge in [0.05, 0.1) is 13.2 Å². The molecule has 0 bridgehead atoms. The maximum absolute atomic E-state index is 11.8. The molecule has 0 unspecified atom stereocenters. The van der Waals surface area contributed by atoms with Crippen LogP contribution in [-0.4, -0.2) is 30.8 Å². The topological polar surface area (TPSA) is 63.2 Å². The zero-order chi connectivity index (χ0) is 15.8. The summed E-state index contributed by atoms with van der Waals surface area (Å²) >= 11 is 1.56. The summed E-state index contributed by atoms with van der Waals surface area (Å²) in [6.45, 7) is 7.06. The molecule has 2 rings (SSSR count). The molecule has 6 heteroatoms. The van der Waals surface area contributed by atoms with E-state index in [0.717, 1.165) is 21.8 Å². The fraction of sp³-hybridized carbons (Fsp3) is 0.250. The summed E-state index contributed by atoms with van der Waals surface area (Å²) in [5, 5.41) is 8.39. The molecule has 2 amide bonds. The number of anilines is 1. The van der Waals surface area contributed by atoms with Crippen LogP contribution in [-0.2, 0) is 4.74 Å². The maximum atomic E-state index is 11.8. The predicted octanol–water partition coefficient (Wildman–Crippen LogP) is 3.52. The third kappa shape index (κ3) is 5.31. The van der Waals surface area contributed by atoms with E-state index in [2.05, 4.69) is 22.2 Å². The second kappa shape index (κ2) is 8.31. The highest BCUT2D eigenvalue weighted by Gasteiger charge is 2.04. The number of rotatable bonds is 7. The summed E-state index contributed by atoms with van der Waals surface area (Å²) < 4.78 is 5.31. The Hall–Kier alpha value is -2.18. The zero-order valence-corrected chi connectivity index (χ0v) is 13.3. The van der Waals surface area contributed by atoms with Crippen molar-refractivity contribution in [1.82, 2.24) is 10.3 Å². The molecule has 0 spiro atoms. The number of urea groups is 1.